The number of allylic oxidation sites excluding steroid dienone is 4. The summed E-state index contributed by atoms with van der Waals surface area (Å²) in [6.45, 7) is 15.0. The fourth-order valence-corrected chi connectivity index (χ4v) is 2.66. The molecule has 1 heterocycles. The second-order valence-electron chi connectivity index (χ2n) is 5.08. The maximum Gasteiger partial charge on any atom is 0.0511 e. The van der Waals surface area contributed by atoms with E-state index in [4.69, 9.17) is 0 Å². The molecule has 1 aliphatic rings. The van der Waals surface area contributed by atoms with Crippen LogP contribution in [0.3, 0.4) is 0 Å². The van der Waals surface area contributed by atoms with Crippen LogP contribution in [0.25, 0.3) is 0 Å². The molecule has 0 aliphatic carbocycles. The van der Waals surface area contributed by atoms with Crippen LogP contribution in [0, 0.1) is 5.92 Å². The van der Waals surface area contributed by atoms with Gasteiger partial charge in [0.1, 0.15) is 0 Å². The summed E-state index contributed by atoms with van der Waals surface area (Å²) >= 11 is 0. The highest BCUT2D eigenvalue weighted by atomic mass is 15.2. The molecule has 0 N–H and O–H groups in total. The van der Waals surface area contributed by atoms with Gasteiger partial charge < -0.3 is 4.90 Å². The Morgan fingerprint density at radius 3 is 2.53 bits per heavy atom. The van der Waals surface area contributed by atoms with E-state index >= 15 is 0 Å². The van der Waals surface area contributed by atoms with Gasteiger partial charge in [-0.2, -0.15) is 0 Å². The molecule has 0 amide bonds. The van der Waals surface area contributed by atoms with Crippen molar-refractivity contribution in [3.63, 3.8) is 0 Å². The van der Waals surface area contributed by atoms with E-state index in [9.17, 15) is 0 Å². The van der Waals surface area contributed by atoms with Crippen molar-refractivity contribution in [3.8, 4) is 0 Å². The van der Waals surface area contributed by atoms with Crippen molar-refractivity contribution in [3.05, 3.63) is 48.4 Å². The van der Waals surface area contributed by atoms with Crippen LogP contribution in [0.15, 0.2) is 48.4 Å². The topological polar surface area (TPSA) is 3.24 Å². The van der Waals surface area contributed by atoms with Crippen LogP contribution in [0.5, 0.6) is 0 Å². The van der Waals surface area contributed by atoms with Gasteiger partial charge in [0.2, 0.25) is 0 Å². The molecule has 1 aliphatic heterocycles. The Kier molecular flexibility index (Phi) is 4.39. The molecule has 17 heavy (non-hydrogen) atoms. The molecule has 2 atom stereocenters. The van der Waals surface area contributed by atoms with Gasteiger partial charge in [-0.25, -0.2) is 0 Å². The van der Waals surface area contributed by atoms with Gasteiger partial charge in [0.25, 0.3) is 0 Å². The number of nitrogens with zero attached hydrogens (tertiary/aromatic N) is 1. The van der Waals surface area contributed by atoms with E-state index in [2.05, 4.69) is 57.5 Å². The lowest BCUT2D eigenvalue weighted by Crippen LogP contribution is -2.42. The van der Waals surface area contributed by atoms with Crippen LogP contribution in [0.2, 0.25) is 0 Å². The lowest BCUT2D eigenvalue weighted by atomic mass is 9.82. The first-order valence-corrected chi connectivity index (χ1v) is 6.36. The predicted molar refractivity (Wildman–Crippen MR) is 76.6 cm³/mol. The first kappa shape index (κ1) is 13.8. The normalized spacial score (nSPS) is 29.9. The van der Waals surface area contributed by atoms with E-state index in [0.717, 1.165) is 6.42 Å². The zero-order valence-corrected chi connectivity index (χ0v) is 11.8. The highest BCUT2D eigenvalue weighted by Crippen LogP contribution is 2.44. The van der Waals surface area contributed by atoms with Crippen molar-refractivity contribution in [1.29, 1.82) is 0 Å². The lowest BCUT2D eigenvalue weighted by molar-refractivity contribution is 0.191. The number of rotatable bonds is 4. The van der Waals surface area contributed by atoms with Crippen molar-refractivity contribution < 1.29 is 0 Å². The molecule has 0 spiro atoms. The Labute approximate surface area is 106 Å². The molecule has 1 heteroatoms. The average molecular weight is 231 g/mol. The molecule has 0 bridgehead atoms. The van der Waals surface area contributed by atoms with E-state index < -0.39 is 0 Å². The molecule has 0 saturated carbocycles. The maximum atomic E-state index is 3.90. The minimum atomic E-state index is 0.133. The third kappa shape index (κ3) is 2.38. The van der Waals surface area contributed by atoms with Gasteiger partial charge in [0, 0.05) is 17.8 Å². The van der Waals surface area contributed by atoms with Crippen LogP contribution >= 0.6 is 0 Å². The highest BCUT2D eigenvalue weighted by molar-refractivity contribution is 5.29. The summed E-state index contributed by atoms with van der Waals surface area (Å²) in [4.78, 5) is 2.40. The third-order valence-electron chi connectivity index (χ3n) is 4.16. The van der Waals surface area contributed by atoms with Crippen LogP contribution in [-0.4, -0.2) is 10.4 Å². The molecule has 0 radical (unpaired) electrons. The Morgan fingerprint density at radius 2 is 2.00 bits per heavy atom. The second-order valence-corrected chi connectivity index (χ2v) is 5.08. The van der Waals surface area contributed by atoms with E-state index in [0.29, 0.717) is 5.92 Å². The molecule has 1 rings (SSSR count). The summed E-state index contributed by atoms with van der Waals surface area (Å²) in [5.74, 6) is 0.566. The minimum absolute atomic E-state index is 0.133. The molecule has 0 aromatic rings. The maximum absolute atomic E-state index is 3.90. The van der Waals surface area contributed by atoms with Crippen molar-refractivity contribution in [1.82, 2.24) is 4.90 Å². The highest BCUT2D eigenvalue weighted by Gasteiger charge is 2.42. The van der Waals surface area contributed by atoms with Crippen LogP contribution in [0.4, 0.5) is 0 Å². The SMILES string of the molecule is C=CCC1(C)C(C)C(C)=C(C)N1C=CC=CC. The van der Waals surface area contributed by atoms with Gasteiger partial charge in [0.05, 0.1) is 5.54 Å². The Morgan fingerprint density at radius 1 is 1.35 bits per heavy atom. The number of hydrogen-bond donors (Lipinski definition) is 0. The Bertz CT molecular complexity index is 373. The molecule has 0 aromatic carbocycles. The van der Waals surface area contributed by atoms with E-state index in [1.807, 2.05) is 19.1 Å². The van der Waals surface area contributed by atoms with E-state index in [1.54, 1.807) is 0 Å². The van der Waals surface area contributed by atoms with Gasteiger partial charge in [-0.05, 0) is 45.8 Å². The fourth-order valence-electron chi connectivity index (χ4n) is 2.66. The van der Waals surface area contributed by atoms with Crippen LogP contribution < -0.4 is 0 Å². The standard InChI is InChI=1S/C16H25N/c1-7-9-10-12-17-15(5)13(3)14(4)16(17,6)11-8-2/h7-10,12,14H,2,11H2,1,3-6H3. The zero-order chi connectivity index (χ0) is 13.1. The molecule has 2 unspecified atom stereocenters. The molecule has 1 nitrogen and oxygen atoms in total. The lowest BCUT2D eigenvalue weighted by Gasteiger charge is -2.38. The molecular formula is C16H25N. The summed E-state index contributed by atoms with van der Waals surface area (Å²) in [6, 6.07) is 0. The van der Waals surface area contributed by atoms with Crippen molar-refractivity contribution in [2.24, 2.45) is 5.92 Å². The summed E-state index contributed by atoms with van der Waals surface area (Å²) in [6.07, 6.45) is 11.4. The fraction of sp³-hybridized carbons (Fsp3) is 0.500. The first-order chi connectivity index (χ1) is 7.99. The smallest absolute Gasteiger partial charge is 0.0511 e. The molecule has 94 valence electrons. The van der Waals surface area contributed by atoms with Crippen molar-refractivity contribution in [2.45, 2.75) is 46.6 Å². The summed E-state index contributed by atoms with van der Waals surface area (Å²) in [5.41, 5.74) is 3.00. The van der Waals surface area contributed by atoms with Gasteiger partial charge in [0.15, 0.2) is 0 Å². The molecular weight excluding hydrogens is 206 g/mol. The summed E-state index contributed by atoms with van der Waals surface area (Å²) in [7, 11) is 0. The van der Waals surface area contributed by atoms with Crippen LogP contribution in [0.1, 0.15) is 41.0 Å². The largest absolute Gasteiger partial charge is 0.345 e. The first-order valence-electron chi connectivity index (χ1n) is 6.36. The third-order valence-corrected chi connectivity index (χ3v) is 4.16. The van der Waals surface area contributed by atoms with E-state index in [-0.39, 0.29) is 5.54 Å². The molecule has 0 aromatic heterocycles. The van der Waals surface area contributed by atoms with Gasteiger partial charge in [-0.1, -0.05) is 25.2 Å². The van der Waals surface area contributed by atoms with Gasteiger partial charge in [-0.15, -0.1) is 6.58 Å². The minimum Gasteiger partial charge on any atom is -0.345 e. The average Bonchev–Trinajstić information content (AvgIpc) is 2.45. The van der Waals surface area contributed by atoms with Crippen molar-refractivity contribution in [2.75, 3.05) is 0 Å². The Balaban J connectivity index is 3.08. The number of hydrogen-bond acceptors (Lipinski definition) is 1. The predicted octanol–water partition coefficient (Wildman–Crippen LogP) is 4.66. The molecule has 0 saturated heterocycles. The van der Waals surface area contributed by atoms with Gasteiger partial charge >= 0.3 is 0 Å². The quantitative estimate of drug-likeness (QED) is 0.502. The Hall–Kier alpha value is -1.24. The summed E-state index contributed by atoms with van der Waals surface area (Å²) < 4.78 is 0. The van der Waals surface area contributed by atoms with Crippen molar-refractivity contribution >= 4 is 0 Å². The zero-order valence-electron chi connectivity index (χ0n) is 11.8. The van der Waals surface area contributed by atoms with E-state index in [1.165, 1.54) is 11.3 Å². The second kappa shape index (κ2) is 5.39. The van der Waals surface area contributed by atoms with Crippen LogP contribution in [-0.2, 0) is 0 Å². The monoisotopic (exact) mass is 231 g/mol. The van der Waals surface area contributed by atoms with Gasteiger partial charge in [-0.3, -0.25) is 0 Å². The summed E-state index contributed by atoms with van der Waals surface area (Å²) in [5, 5.41) is 0. The molecule has 0 fully saturated rings.